The van der Waals surface area contributed by atoms with Crippen LogP contribution >= 0.6 is 0 Å². The molecule has 1 saturated heterocycles. The molecule has 170 valence electrons. The number of ether oxygens (including phenoxy) is 1. The molecule has 0 radical (unpaired) electrons. The highest BCUT2D eigenvalue weighted by Gasteiger charge is 2.23. The smallest absolute Gasteiger partial charge is 0.318 e. The van der Waals surface area contributed by atoms with Crippen LogP contribution in [0.1, 0.15) is 43.9 Å². The molecule has 0 atom stereocenters. The van der Waals surface area contributed by atoms with E-state index in [0.29, 0.717) is 23.6 Å². The zero-order chi connectivity index (χ0) is 22.2. The van der Waals surface area contributed by atoms with Gasteiger partial charge in [0.15, 0.2) is 0 Å². The summed E-state index contributed by atoms with van der Waals surface area (Å²) >= 11 is 0. The second kappa shape index (κ2) is 11.1. The van der Waals surface area contributed by atoms with Crippen LogP contribution in [0, 0.1) is 5.82 Å². The van der Waals surface area contributed by atoms with Gasteiger partial charge in [-0.3, -0.25) is 0 Å². The summed E-state index contributed by atoms with van der Waals surface area (Å²) in [7, 11) is 3.81. The summed E-state index contributed by atoms with van der Waals surface area (Å²) in [5.41, 5.74) is 1.09. The molecule has 2 aromatic rings. The number of urea groups is 1. The number of likely N-dealkylation sites (tertiary alicyclic amines) is 1. The summed E-state index contributed by atoms with van der Waals surface area (Å²) in [6, 6.07) is 4.72. The number of carbonyl (C=O) groups excluding carboxylic acids is 1. The van der Waals surface area contributed by atoms with Crippen LogP contribution in [0.2, 0.25) is 0 Å². The molecule has 2 heterocycles. The summed E-state index contributed by atoms with van der Waals surface area (Å²) in [6.07, 6.45) is 5.37. The van der Waals surface area contributed by atoms with Gasteiger partial charge in [0, 0.05) is 24.7 Å². The number of benzene rings is 1. The molecule has 0 unspecified atom stereocenters. The molecule has 1 aromatic carbocycles. The zero-order valence-corrected chi connectivity index (χ0v) is 18.7. The lowest BCUT2D eigenvalue weighted by molar-refractivity contribution is 0.175. The van der Waals surface area contributed by atoms with Gasteiger partial charge in [-0.1, -0.05) is 19.4 Å². The second-order valence-electron chi connectivity index (χ2n) is 8.16. The van der Waals surface area contributed by atoms with Gasteiger partial charge in [0.05, 0.1) is 25.9 Å². The van der Waals surface area contributed by atoms with Crippen molar-refractivity contribution in [2.45, 2.75) is 51.7 Å². The quantitative estimate of drug-likeness (QED) is 0.617. The molecule has 0 spiro atoms. The van der Waals surface area contributed by atoms with Crippen molar-refractivity contribution in [3.05, 3.63) is 41.5 Å². The number of hydrogen-bond acceptors (Lipinski definition) is 5. The fourth-order valence-electron chi connectivity index (χ4n) is 3.56. The number of amides is 2. The zero-order valence-electron chi connectivity index (χ0n) is 18.7. The lowest BCUT2D eigenvalue weighted by atomic mass is 10.1. The molecule has 1 fully saturated rings. The van der Waals surface area contributed by atoms with Gasteiger partial charge in [0.25, 0.3) is 0 Å². The van der Waals surface area contributed by atoms with Crippen molar-refractivity contribution in [3.63, 3.8) is 0 Å². The van der Waals surface area contributed by atoms with Gasteiger partial charge in [0.2, 0.25) is 0 Å². The van der Waals surface area contributed by atoms with Crippen LogP contribution in [-0.2, 0) is 20.1 Å². The largest absolute Gasteiger partial charge is 0.493 e. The summed E-state index contributed by atoms with van der Waals surface area (Å²) in [5, 5.41) is 11.5. The number of piperidine rings is 1. The van der Waals surface area contributed by atoms with Crippen LogP contribution in [0.5, 0.6) is 5.75 Å². The molecule has 9 heteroatoms. The standard InChI is InChI=1S/C22H33FN6O2/c1-4-5-12-31-20-7-6-17(21(23)13-20)15-29(16-19-14-24-28(3)26-19)22(30)25-18-8-10-27(2)11-9-18/h6-7,13-14,18H,4-5,8-12,15-16H2,1-3H3,(H,25,30). The molecular weight excluding hydrogens is 399 g/mol. The number of carbonyl (C=O) groups is 1. The third kappa shape index (κ3) is 6.92. The van der Waals surface area contributed by atoms with Gasteiger partial charge < -0.3 is 19.9 Å². The van der Waals surface area contributed by atoms with Crippen molar-refractivity contribution in [3.8, 4) is 5.75 Å². The third-order valence-electron chi connectivity index (χ3n) is 5.49. The number of aromatic nitrogens is 3. The first-order chi connectivity index (χ1) is 14.9. The summed E-state index contributed by atoms with van der Waals surface area (Å²) in [6.45, 7) is 4.92. The maximum Gasteiger partial charge on any atom is 0.318 e. The molecule has 2 amide bonds. The van der Waals surface area contributed by atoms with Crippen molar-refractivity contribution in [2.75, 3.05) is 26.7 Å². The Morgan fingerprint density at radius 2 is 2.06 bits per heavy atom. The molecule has 1 aliphatic heterocycles. The SMILES string of the molecule is CCCCOc1ccc(CN(Cc2cnn(C)n2)C(=O)NC2CCN(C)CC2)c(F)c1. The maximum atomic E-state index is 14.8. The highest BCUT2D eigenvalue weighted by molar-refractivity contribution is 5.74. The normalized spacial score (nSPS) is 15.1. The van der Waals surface area contributed by atoms with Crippen molar-refractivity contribution in [2.24, 2.45) is 7.05 Å². The molecule has 1 aliphatic rings. The number of halogens is 1. The number of aryl methyl sites for hydroxylation is 1. The lowest BCUT2D eigenvalue weighted by Crippen LogP contribution is -2.48. The van der Waals surface area contributed by atoms with Crippen molar-refractivity contribution in [1.29, 1.82) is 0 Å². The molecule has 8 nitrogen and oxygen atoms in total. The number of rotatable bonds is 9. The Bertz CT molecular complexity index is 850. The Kier molecular flexibility index (Phi) is 8.22. The van der Waals surface area contributed by atoms with Gasteiger partial charge >= 0.3 is 6.03 Å². The molecule has 1 aromatic heterocycles. The average Bonchev–Trinajstić information content (AvgIpc) is 3.16. The molecular formula is C22H33FN6O2. The highest BCUT2D eigenvalue weighted by atomic mass is 19.1. The summed E-state index contributed by atoms with van der Waals surface area (Å²) in [5.74, 6) is 0.121. The Hall–Kier alpha value is -2.68. The van der Waals surface area contributed by atoms with Gasteiger partial charge in [-0.05, 0) is 45.5 Å². The fraction of sp³-hybridized carbons (Fsp3) is 0.591. The first kappa shape index (κ1) is 23.0. The van der Waals surface area contributed by atoms with E-state index in [9.17, 15) is 9.18 Å². The summed E-state index contributed by atoms with van der Waals surface area (Å²) < 4.78 is 20.3. The Morgan fingerprint density at radius 3 is 2.71 bits per heavy atom. The minimum Gasteiger partial charge on any atom is -0.493 e. The Morgan fingerprint density at radius 1 is 1.29 bits per heavy atom. The van der Waals surface area contributed by atoms with Crippen LogP contribution in [0.25, 0.3) is 0 Å². The number of nitrogens with zero attached hydrogens (tertiary/aromatic N) is 5. The minimum absolute atomic E-state index is 0.118. The fourth-order valence-corrected chi connectivity index (χ4v) is 3.56. The molecule has 0 aliphatic carbocycles. The van der Waals surface area contributed by atoms with E-state index in [1.165, 1.54) is 10.9 Å². The van der Waals surface area contributed by atoms with E-state index in [0.717, 1.165) is 38.8 Å². The van der Waals surface area contributed by atoms with Crippen LogP contribution in [0.3, 0.4) is 0 Å². The van der Waals surface area contributed by atoms with Crippen LogP contribution in [0.4, 0.5) is 9.18 Å². The van der Waals surface area contributed by atoms with Gasteiger partial charge in [-0.15, -0.1) is 0 Å². The highest BCUT2D eigenvalue weighted by Crippen LogP contribution is 2.20. The van der Waals surface area contributed by atoms with Crippen LogP contribution in [0.15, 0.2) is 24.4 Å². The van der Waals surface area contributed by atoms with Gasteiger partial charge in [-0.25, -0.2) is 9.18 Å². The van der Waals surface area contributed by atoms with E-state index in [1.807, 2.05) is 0 Å². The van der Waals surface area contributed by atoms with E-state index in [2.05, 4.69) is 34.4 Å². The number of hydrogen-bond donors (Lipinski definition) is 1. The van der Waals surface area contributed by atoms with Gasteiger partial charge in [-0.2, -0.15) is 15.0 Å². The predicted octanol–water partition coefficient (Wildman–Crippen LogP) is 2.94. The number of nitrogens with one attached hydrogen (secondary N) is 1. The van der Waals surface area contributed by atoms with E-state index in [4.69, 9.17) is 4.74 Å². The molecule has 3 rings (SSSR count). The second-order valence-corrected chi connectivity index (χ2v) is 8.16. The van der Waals surface area contributed by atoms with Crippen molar-refractivity contribution >= 4 is 6.03 Å². The summed E-state index contributed by atoms with van der Waals surface area (Å²) in [4.78, 5) is 18.3. The monoisotopic (exact) mass is 432 g/mol. The minimum atomic E-state index is -0.384. The predicted molar refractivity (Wildman–Crippen MR) is 116 cm³/mol. The van der Waals surface area contributed by atoms with Crippen LogP contribution < -0.4 is 10.1 Å². The van der Waals surface area contributed by atoms with E-state index < -0.39 is 0 Å². The third-order valence-corrected chi connectivity index (χ3v) is 5.49. The molecule has 31 heavy (non-hydrogen) atoms. The molecule has 1 N–H and O–H groups in total. The van der Waals surface area contributed by atoms with Crippen molar-refractivity contribution < 1.29 is 13.9 Å². The lowest BCUT2D eigenvalue weighted by Gasteiger charge is -2.31. The molecule has 0 bridgehead atoms. The Balaban J connectivity index is 1.69. The van der Waals surface area contributed by atoms with E-state index in [-0.39, 0.29) is 31.0 Å². The maximum absolute atomic E-state index is 14.8. The van der Waals surface area contributed by atoms with Gasteiger partial charge in [0.1, 0.15) is 17.3 Å². The van der Waals surface area contributed by atoms with Crippen LogP contribution in [-0.4, -0.2) is 63.6 Å². The Labute approximate surface area is 183 Å². The first-order valence-corrected chi connectivity index (χ1v) is 10.9. The molecule has 0 saturated carbocycles. The first-order valence-electron chi connectivity index (χ1n) is 10.9. The van der Waals surface area contributed by atoms with E-state index in [1.54, 1.807) is 30.3 Å². The van der Waals surface area contributed by atoms with Crippen molar-refractivity contribution in [1.82, 2.24) is 30.1 Å². The average molecular weight is 433 g/mol. The topological polar surface area (TPSA) is 75.5 Å². The number of unbranched alkanes of at least 4 members (excludes halogenated alkanes) is 1. The van der Waals surface area contributed by atoms with E-state index >= 15 is 0 Å².